The summed E-state index contributed by atoms with van der Waals surface area (Å²) in [5, 5.41) is 8.20. The van der Waals surface area contributed by atoms with Crippen LogP contribution in [0.3, 0.4) is 0 Å². The Labute approximate surface area is 154 Å². The minimum absolute atomic E-state index is 0.611. The van der Waals surface area contributed by atoms with Crippen molar-refractivity contribution in [3.63, 3.8) is 0 Å². The number of halogens is 1. The van der Waals surface area contributed by atoms with Crippen LogP contribution in [-0.4, -0.2) is 23.8 Å². The summed E-state index contributed by atoms with van der Waals surface area (Å²) in [5.74, 6) is 0.854. The number of thiocarbonyl (C=S) groups is 1. The molecular weight excluding hydrogens is 386 g/mol. The molecule has 0 fully saturated rings. The number of H-pyrrole nitrogens is 1. The molecule has 0 atom stereocenters. The number of fused-ring (bicyclic) bond motifs is 1. The van der Waals surface area contributed by atoms with E-state index >= 15 is 0 Å². The molecule has 6 heteroatoms. The molecule has 3 aromatic rings. The fourth-order valence-corrected chi connectivity index (χ4v) is 3.06. The zero-order valence-corrected chi connectivity index (χ0v) is 15.6. The molecule has 0 aliphatic heterocycles. The van der Waals surface area contributed by atoms with Gasteiger partial charge in [0.1, 0.15) is 5.75 Å². The maximum atomic E-state index is 5.34. The first-order valence-electron chi connectivity index (χ1n) is 7.61. The van der Waals surface area contributed by atoms with E-state index in [0.717, 1.165) is 40.1 Å². The lowest BCUT2D eigenvalue weighted by Gasteiger charge is -2.11. The highest BCUT2D eigenvalue weighted by Gasteiger charge is 2.04. The average Bonchev–Trinajstić information content (AvgIpc) is 2.98. The molecular formula is C18H18BrN3OS. The smallest absolute Gasteiger partial charge is 0.170 e. The minimum atomic E-state index is 0.611. The molecule has 0 saturated carbocycles. The highest BCUT2D eigenvalue weighted by Crippen LogP contribution is 2.22. The van der Waals surface area contributed by atoms with Gasteiger partial charge in [-0.15, -0.1) is 0 Å². The molecule has 24 heavy (non-hydrogen) atoms. The van der Waals surface area contributed by atoms with Gasteiger partial charge in [-0.25, -0.2) is 0 Å². The Kier molecular flexibility index (Phi) is 5.37. The predicted octanol–water partition coefficient (Wildman–Crippen LogP) is 4.47. The average molecular weight is 404 g/mol. The van der Waals surface area contributed by atoms with Gasteiger partial charge in [-0.05, 0) is 63.9 Å². The molecule has 0 spiro atoms. The van der Waals surface area contributed by atoms with E-state index in [1.807, 2.05) is 36.4 Å². The third-order valence-corrected chi connectivity index (χ3v) is 4.63. The van der Waals surface area contributed by atoms with Crippen molar-refractivity contribution in [3.05, 3.63) is 58.7 Å². The van der Waals surface area contributed by atoms with Crippen molar-refractivity contribution in [2.75, 3.05) is 19.0 Å². The van der Waals surface area contributed by atoms with E-state index in [2.05, 4.69) is 43.7 Å². The standard InChI is InChI=1S/C18H18BrN3OS/c1-23-14-7-6-12-10-13(21-17(12)11-14)8-9-20-18(24)22-16-5-3-2-4-15(16)19/h2-7,10-11,21H,8-9H2,1H3,(H2,20,22,24). The Hall–Kier alpha value is -2.05. The molecule has 0 saturated heterocycles. The van der Waals surface area contributed by atoms with Crippen molar-refractivity contribution < 1.29 is 4.74 Å². The normalized spacial score (nSPS) is 10.6. The zero-order valence-electron chi connectivity index (χ0n) is 13.2. The molecule has 4 nitrogen and oxygen atoms in total. The number of aromatic nitrogens is 1. The fraction of sp³-hybridized carbons (Fsp3) is 0.167. The van der Waals surface area contributed by atoms with Gasteiger partial charge in [0.25, 0.3) is 0 Å². The third-order valence-electron chi connectivity index (χ3n) is 3.69. The van der Waals surface area contributed by atoms with E-state index in [1.165, 1.54) is 5.39 Å². The van der Waals surface area contributed by atoms with Crippen molar-refractivity contribution >= 4 is 49.9 Å². The maximum absolute atomic E-state index is 5.34. The van der Waals surface area contributed by atoms with Gasteiger partial charge in [0, 0.05) is 34.7 Å². The summed E-state index contributed by atoms with van der Waals surface area (Å²) in [6.07, 6.45) is 0.856. The number of hydrogen-bond acceptors (Lipinski definition) is 2. The van der Waals surface area contributed by atoms with E-state index in [0.29, 0.717) is 5.11 Å². The molecule has 0 radical (unpaired) electrons. The molecule has 3 N–H and O–H groups in total. The van der Waals surface area contributed by atoms with Gasteiger partial charge in [0.05, 0.1) is 12.8 Å². The van der Waals surface area contributed by atoms with Crippen LogP contribution in [0.1, 0.15) is 5.69 Å². The molecule has 0 amide bonds. The van der Waals surface area contributed by atoms with Crippen LogP contribution in [-0.2, 0) is 6.42 Å². The SMILES string of the molecule is COc1ccc2cc(CCNC(=S)Nc3ccccc3Br)[nH]c2c1. The number of aromatic amines is 1. The molecule has 0 aliphatic rings. The predicted molar refractivity (Wildman–Crippen MR) is 107 cm³/mol. The van der Waals surface area contributed by atoms with E-state index in [9.17, 15) is 0 Å². The number of methoxy groups -OCH3 is 1. The molecule has 3 rings (SSSR count). The summed E-state index contributed by atoms with van der Waals surface area (Å²) in [4.78, 5) is 3.41. The quantitative estimate of drug-likeness (QED) is 0.550. The number of ether oxygens (including phenoxy) is 1. The van der Waals surface area contributed by atoms with Crippen molar-refractivity contribution in [1.82, 2.24) is 10.3 Å². The second-order valence-corrected chi connectivity index (χ2v) is 6.62. The van der Waals surface area contributed by atoms with Crippen molar-refractivity contribution in [2.45, 2.75) is 6.42 Å². The minimum Gasteiger partial charge on any atom is -0.497 e. The molecule has 1 aromatic heterocycles. The molecule has 1 heterocycles. The number of benzene rings is 2. The van der Waals surface area contributed by atoms with Gasteiger partial charge in [0.2, 0.25) is 0 Å². The van der Waals surface area contributed by atoms with Crippen LogP contribution in [0, 0.1) is 0 Å². The van der Waals surface area contributed by atoms with Gasteiger partial charge in [-0.1, -0.05) is 12.1 Å². The molecule has 124 valence electrons. The number of hydrogen-bond donors (Lipinski definition) is 3. The Morgan fingerprint density at radius 3 is 2.83 bits per heavy atom. The Morgan fingerprint density at radius 2 is 2.04 bits per heavy atom. The van der Waals surface area contributed by atoms with Crippen LogP contribution < -0.4 is 15.4 Å². The van der Waals surface area contributed by atoms with Gasteiger partial charge in [-0.3, -0.25) is 0 Å². The van der Waals surface area contributed by atoms with Crippen LogP contribution in [0.5, 0.6) is 5.75 Å². The molecule has 0 aliphatic carbocycles. The molecule has 0 unspecified atom stereocenters. The number of nitrogens with one attached hydrogen (secondary N) is 3. The van der Waals surface area contributed by atoms with Crippen molar-refractivity contribution in [3.8, 4) is 5.75 Å². The van der Waals surface area contributed by atoms with Crippen LogP contribution >= 0.6 is 28.1 Å². The van der Waals surface area contributed by atoms with E-state index < -0.39 is 0 Å². The Bertz CT molecular complexity index is 862. The summed E-state index contributed by atoms with van der Waals surface area (Å²) in [5.41, 5.74) is 3.19. The van der Waals surface area contributed by atoms with Gasteiger partial charge >= 0.3 is 0 Å². The first kappa shape index (κ1) is 16.8. The summed E-state index contributed by atoms with van der Waals surface area (Å²) in [6, 6.07) is 16.1. The first-order valence-corrected chi connectivity index (χ1v) is 8.81. The van der Waals surface area contributed by atoms with E-state index in [1.54, 1.807) is 7.11 Å². The largest absolute Gasteiger partial charge is 0.497 e. The summed E-state index contributed by atoms with van der Waals surface area (Å²) >= 11 is 8.83. The van der Waals surface area contributed by atoms with E-state index in [4.69, 9.17) is 17.0 Å². The van der Waals surface area contributed by atoms with Gasteiger partial charge in [0.15, 0.2) is 5.11 Å². The summed E-state index contributed by atoms with van der Waals surface area (Å²) in [7, 11) is 1.67. The van der Waals surface area contributed by atoms with Crippen molar-refractivity contribution in [1.29, 1.82) is 0 Å². The number of rotatable bonds is 5. The monoisotopic (exact) mass is 403 g/mol. The lowest BCUT2D eigenvalue weighted by Crippen LogP contribution is -2.30. The van der Waals surface area contributed by atoms with Crippen LogP contribution in [0.15, 0.2) is 53.0 Å². The molecule has 2 aromatic carbocycles. The van der Waals surface area contributed by atoms with Crippen LogP contribution in [0.25, 0.3) is 10.9 Å². The maximum Gasteiger partial charge on any atom is 0.170 e. The lowest BCUT2D eigenvalue weighted by atomic mass is 10.2. The van der Waals surface area contributed by atoms with Crippen LogP contribution in [0.2, 0.25) is 0 Å². The van der Waals surface area contributed by atoms with Crippen LogP contribution in [0.4, 0.5) is 5.69 Å². The second kappa shape index (κ2) is 7.68. The summed E-state index contributed by atoms with van der Waals surface area (Å²) in [6.45, 7) is 0.750. The fourth-order valence-electron chi connectivity index (χ4n) is 2.47. The first-order chi connectivity index (χ1) is 11.7. The lowest BCUT2D eigenvalue weighted by molar-refractivity contribution is 0.415. The topological polar surface area (TPSA) is 49.1 Å². The number of para-hydroxylation sites is 1. The highest BCUT2D eigenvalue weighted by molar-refractivity contribution is 9.10. The summed E-state index contributed by atoms with van der Waals surface area (Å²) < 4.78 is 6.23. The Morgan fingerprint density at radius 1 is 1.21 bits per heavy atom. The zero-order chi connectivity index (χ0) is 16.9. The van der Waals surface area contributed by atoms with Gasteiger partial charge < -0.3 is 20.4 Å². The second-order valence-electron chi connectivity index (χ2n) is 5.36. The number of anilines is 1. The van der Waals surface area contributed by atoms with Crippen molar-refractivity contribution in [2.24, 2.45) is 0 Å². The molecule has 0 bridgehead atoms. The highest BCUT2D eigenvalue weighted by atomic mass is 79.9. The van der Waals surface area contributed by atoms with Gasteiger partial charge in [-0.2, -0.15) is 0 Å². The van der Waals surface area contributed by atoms with E-state index in [-0.39, 0.29) is 0 Å². The third kappa shape index (κ3) is 4.07. The Balaban J connectivity index is 1.54.